The molecular weight excluding hydrogens is 278 g/mol. The van der Waals surface area contributed by atoms with E-state index in [0.29, 0.717) is 18.8 Å². The number of hydrogen-bond acceptors (Lipinski definition) is 5. The van der Waals surface area contributed by atoms with Crippen LogP contribution in [0.3, 0.4) is 0 Å². The SMILES string of the molecule is CCNc1ccc(S(=O)(=O)N(CCCO)C(C)C)cn1. The zero-order chi connectivity index (χ0) is 15.2. The Bertz CT molecular complexity index is 500. The van der Waals surface area contributed by atoms with Gasteiger partial charge in [0.1, 0.15) is 10.7 Å². The Morgan fingerprint density at radius 2 is 2.10 bits per heavy atom. The quantitative estimate of drug-likeness (QED) is 0.756. The zero-order valence-corrected chi connectivity index (χ0v) is 13.0. The minimum Gasteiger partial charge on any atom is -0.396 e. The molecule has 0 unspecified atom stereocenters. The Morgan fingerprint density at radius 1 is 1.40 bits per heavy atom. The Hall–Kier alpha value is -1.18. The highest BCUT2D eigenvalue weighted by Gasteiger charge is 2.26. The molecule has 114 valence electrons. The Morgan fingerprint density at radius 3 is 2.55 bits per heavy atom. The highest BCUT2D eigenvalue weighted by Crippen LogP contribution is 2.19. The van der Waals surface area contributed by atoms with Crippen LogP contribution in [-0.4, -0.2) is 48.6 Å². The minimum atomic E-state index is -3.57. The second kappa shape index (κ2) is 7.56. The lowest BCUT2D eigenvalue weighted by Gasteiger charge is -2.25. The molecule has 0 atom stereocenters. The van der Waals surface area contributed by atoms with Crippen LogP contribution < -0.4 is 5.32 Å². The van der Waals surface area contributed by atoms with Crippen LogP contribution in [0.15, 0.2) is 23.2 Å². The van der Waals surface area contributed by atoms with Gasteiger partial charge in [0.25, 0.3) is 0 Å². The van der Waals surface area contributed by atoms with Gasteiger partial charge in [-0.25, -0.2) is 13.4 Å². The van der Waals surface area contributed by atoms with E-state index in [-0.39, 0.29) is 17.5 Å². The van der Waals surface area contributed by atoms with Gasteiger partial charge in [0.05, 0.1) is 0 Å². The lowest BCUT2D eigenvalue weighted by molar-refractivity contribution is 0.258. The summed E-state index contributed by atoms with van der Waals surface area (Å²) in [4.78, 5) is 4.26. The van der Waals surface area contributed by atoms with Gasteiger partial charge < -0.3 is 10.4 Å². The number of pyridine rings is 1. The molecule has 0 radical (unpaired) electrons. The topological polar surface area (TPSA) is 82.5 Å². The fourth-order valence-electron chi connectivity index (χ4n) is 1.84. The first-order chi connectivity index (χ1) is 9.43. The van der Waals surface area contributed by atoms with E-state index >= 15 is 0 Å². The van der Waals surface area contributed by atoms with Gasteiger partial charge in [-0.05, 0) is 39.3 Å². The average Bonchev–Trinajstić information content (AvgIpc) is 2.39. The van der Waals surface area contributed by atoms with Crippen LogP contribution in [0.4, 0.5) is 5.82 Å². The minimum absolute atomic E-state index is 0.0314. The molecule has 0 fully saturated rings. The van der Waals surface area contributed by atoms with Crippen LogP contribution in [0, 0.1) is 0 Å². The number of aromatic nitrogens is 1. The normalized spacial score (nSPS) is 12.1. The molecule has 0 aliphatic carbocycles. The number of nitrogens with one attached hydrogen (secondary N) is 1. The number of aliphatic hydroxyl groups excluding tert-OH is 1. The van der Waals surface area contributed by atoms with Gasteiger partial charge >= 0.3 is 0 Å². The van der Waals surface area contributed by atoms with E-state index in [0.717, 1.165) is 6.54 Å². The van der Waals surface area contributed by atoms with Crippen molar-refractivity contribution in [3.8, 4) is 0 Å². The molecule has 0 saturated carbocycles. The molecule has 6 nitrogen and oxygen atoms in total. The van der Waals surface area contributed by atoms with Gasteiger partial charge in [-0.1, -0.05) is 0 Å². The van der Waals surface area contributed by atoms with Crippen LogP contribution in [0.5, 0.6) is 0 Å². The summed E-state index contributed by atoms with van der Waals surface area (Å²) < 4.78 is 26.4. The van der Waals surface area contributed by atoms with E-state index in [2.05, 4.69) is 10.3 Å². The summed E-state index contributed by atoms with van der Waals surface area (Å²) in [5.41, 5.74) is 0. The number of nitrogens with zero attached hydrogens (tertiary/aromatic N) is 2. The molecule has 20 heavy (non-hydrogen) atoms. The molecule has 1 aromatic heterocycles. The summed E-state index contributed by atoms with van der Waals surface area (Å²) in [6, 6.07) is 3.04. The average molecular weight is 301 g/mol. The zero-order valence-electron chi connectivity index (χ0n) is 12.2. The maximum atomic E-state index is 12.5. The van der Waals surface area contributed by atoms with Crippen LogP contribution in [-0.2, 0) is 10.0 Å². The van der Waals surface area contributed by atoms with Crippen molar-refractivity contribution < 1.29 is 13.5 Å². The first kappa shape index (κ1) is 16.9. The Labute approximate surface area is 120 Å². The van der Waals surface area contributed by atoms with E-state index in [1.54, 1.807) is 12.1 Å². The Balaban J connectivity index is 3.00. The molecule has 0 saturated heterocycles. The van der Waals surface area contributed by atoms with Crippen molar-refractivity contribution in [2.75, 3.05) is 25.0 Å². The first-order valence-electron chi connectivity index (χ1n) is 6.76. The van der Waals surface area contributed by atoms with Crippen molar-refractivity contribution in [1.29, 1.82) is 0 Å². The molecule has 1 rings (SSSR count). The Kier molecular flexibility index (Phi) is 6.38. The third-order valence-corrected chi connectivity index (χ3v) is 4.87. The predicted octanol–water partition coefficient (Wildman–Crippen LogP) is 1.29. The van der Waals surface area contributed by atoms with Crippen LogP contribution in [0.25, 0.3) is 0 Å². The first-order valence-corrected chi connectivity index (χ1v) is 8.20. The van der Waals surface area contributed by atoms with E-state index in [1.807, 2.05) is 20.8 Å². The third kappa shape index (κ3) is 4.16. The van der Waals surface area contributed by atoms with Crippen molar-refractivity contribution in [3.63, 3.8) is 0 Å². The van der Waals surface area contributed by atoms with Crippen molar-refractivity contribution in [2.24, 2.45) is 0 Å². The molecule has 0 bridgehead atoms. The maximum absolute atomic E-state index is 12.5. The van der Waals surface area contributed by atoms with Gasteiger partial charge in [-0.15, -0.1) is 0 Å². The lowest BCUT2D eigenvalue weighted by atomic mass is 10.3. The van der Waals surface area contributed by atoms with E-state index in [1.165, 1.54) is 10.5 Å². The number of rotatable bonds is 8. The summed E-state index contributed by atoms with van der Waals surface area (Å²) in [7, 11) is -3.57. The van der Waals surface area contributed by atoms with Crippen molar-refractivity contribution in [1.82, 2.24) is 9.29 Å². The number of aliphatic hydroxyl groups is 1. The van der Waals surface area contributed by atoms with Crippen molar-refractivity contribution in [3.05, 3.63) is 18.3 Å². The lowest BCUT2D eigenvalue weighted by Crippen LogP contribution is -2.38. The van der Waals surface area contributed by atoms with E-state index in [9.17, 15) is 8.42 Å². The van der Waals surface area contributed by atoms with Gasteiger partial charge in [-0.2, -0.15) is 4.31 Å². The van der Waals surface area contributed by atoms with E-state index < -0.39 is 10.0 Å². The highest BCUT2D eigenvalue weighted by molar-refractivity contribution is 7.89. The van der Waals surface area contributed by atoms with Gasteiger partial charge in [-0.3, -0.25) is 0 Å². The molecule has 2 N–H and O–H groups in total. The van der Waals surface area contributed by atoms with Gasteiger partial charge in [0.2, 0.25) is 10.0 Å². The maximum Gasteiger partial charge on any atom is 0.244 e. The molecule has 0 aliphatic rings. The molecule has 1 aromatic rings. The van der Waals surface area contributed by atoms with Crippen LogP contribution in [0.1, 0.15) is 27.2 Å². The van der Waals surface area contributed by atoms with Crippen molar-refractivity contribution >= 4 is 15.8 Å². The summed E-state index contributed by atoms with van der Waals surface area (Å²) in [5.74, 6) is 0.651. The second-order valence-electron chi connectivity index (χ2n) is 4.70. The fraction of sp³-hybridized carbons (Fsp3) is 0.615. The number of anilines is 1. The van der Waals surface area contributed by atoms with Gasteiger partial charge in [0, 0.05) is 31.9 Å². The smallest absolute Gasteiger partial charge is 0.244 e. The predicted molar refractivity (Wildman–Crippen MR) is 79.1 cm³/mol. The molecule has 0 aliphatic heterocycles. The van der Waals surface area contributed by atoms with Crippen molar-refractivity contribution in [2.45, 2.75) is 38.1 Å². The summed E-state index contributed by atoms with van der Waals surface area (Å²) in [6.07, 6.45) is 1.78. The summed E-state index contributed by atoms with van der Waals surface area (Å²) >= 11 is 0. The second-order valence-corrected chi connectivity index (χ2v) is 6.59. The molecular formula is C13H23N3O3S. The molecule has 7 heteroatoms. The number of sulfonamides is 1. The summed E-state index contributed by atoms with van der Waals surface area (Å²) in [6.45, 7) is 6.57. The molecule has 0 aromatic carbocycles. The largest absolute Gasteiger partial charge is 0.396 e. The van der Waals surface area contributed by atoms with Crippen LogP contribution in [0.2, 0.25) is 0 Å². The monoisotopic (exact) mass is 301 g/mol. The van der Waals surface area contributed by atoms with Gasteiger partial charge in [0.15, 0.2) is 0 Å². The summed E-state index contributed by atoms with van der Waals surface area (Å²) in [5, 5.41) is 11.9. The molecule has 0 amide bonds. The fourth-order valence-corrected chi connectivity index (χ4v) is 3.46. The third-order valence-electron chi connectivity index (χ3n) is 2.81. The van der Waals surface area contributed by atoms with E-state index in [4.69, 9.17) is 5.11 Å². The standard InChI is InChI=1S/C13H23N3O3S/c1-4-14-13-7-6-12(10-15-13)20(18,19)16(11(2)3)8-5-9-17/h6-7,10-11,17H,4-5,8-9H2,1-3H3,(H,14,15). The number of hydrogen-bond donors (Lipinski definition) is 2. The highest BCUT2D eigenvalue weighted by atomic mass is 32.2. The van der Waals surface area contributed by atoms with Crippen LogP contribution >= 0.6 is 0 Å². The molecule has 0 spiro atoms. The molecule has 1 heterocycles.